The summed E-state index contributed by atoms with van der Waals surface area (Å²) in [7, 11) is 0. The number of hydrogen-bond donors (Lipinski definition) is 3. The van der Waals surface area contributed by atoms with Crippen molar-refractivity contribution in [1.82, 2.24) is 0 Å². The lowest BCUT2D eigenvalue weighted by Crippen LogP contribution is -2.45. The van der Waals surface area contributed by atoms with Gasteiger partial charge in [0.15, 0.2) is 5.79 Å². The molecule has 0 aliphatic heterocycles. The molecule has 0 aliphatic carbocycles. The second kappa shape index (κ2) is 2.96. The van der Waals surface area contributed by atoms with Crippen LogP contribution in [0.4, 0.5) is 0 Å². The lowest BCUT2D eigenvalue weighted by molar-refractivity contribution is -0.168. The third-order valence-electron chi connectivity index (χ3n) is 1.31. The van der Waals surface area contributed by atoms with Gasteiger partial charge >= 0.3 is 0 Å². The molecule has 0 saturated heterocycles. The van der Waals surface area contributed by atoms with Gasteiger partial charge in [0.2, 0.25) is 0 Å². The molecular weight excluding hydrogens is 118 g/mol. The first-order chi connectivity index (χ1) is 4.04. The molecule has 0 saturated carbocycles. The highest BCUT2D eigenvalue weighted by Gasteiger charge is 2.26. The van der Waals surface area contributed by atoms with Crippen LogP contribution in [0.15, 0.2) is 12.7 Å². The molecule has 0 aliphatic rings. The van der Waals surface area contributed by atoms with Crippen LogP contribution in [0.5, 0.6) is 0 Å². The molecule has 0 spiro atoms. The van der Waals surface area contributed by atoms with Crippen LogP contribution >= 0.6 is 0 Å². The Morgan fingerprint density at radius 3 is 2.33 bits per heavy atom. The summed E-state index contributed by atoms with van der Waals surface area (Å²) in [6.07, 6.45) is 1.52. The molecule has 0 bridgehead atoms. The Kier molecular flexibility index (Phi) is 2.84. The largest absolute Gasteiger partial charge is 0.364 e. The van der Waals surface area contributed by atoms with Gasteiger partial charge in [-0.3, -0.25) is 0 Å². The quantitative estimate of drug-likeness (QED) is 0.360. The first-order valence-electron chi connectivity index (χ1n) is 2.87. The molecular formula is C6H13NO2. The molecule has 0 fully saturated rings. The highest BCUT2D eigenvalue weighted by molar-refractivity contribution is 4.91. The molecule has 4 N–H and O–H groups in total. The fourth-order valence-electron chi connectivity index (χ4n) is 0.424. The van der Waals surface area contributed by atoms with Crippen molar-refractivity contribution < 1.29 is 10.2 Å². The maximum absolute atomic E-state index is 8.95. The molecule has 1 unspecified atom stereocenters. The van der Waals surface area contributed by atoms with Gasteiger partial charge in [-0.25, -0.2) is 0 Å². The molecule has 0 heterocycles. The van der Waals surface area contributed by atoms with E-state index in [1.54, 1.807) is 6.92 Å². The van der Waals surface area contributed by atoms with Crippen molar-refractivity contribution in [3.8, 4) is 0 Å². The summed E-state index contributed by atoms with van der Waals surface area (Å²) in [5, 5.41) is 17.9. The van der Waals surface area contributed by atoms with Crippen LogP contribution in [0.2, 0.25) is 0 Å². The molecule has 0 aromatic heterocycles. The number of aliphatic hydroxyl groups is 2. The van der Waals surface area contributed by atoms with Crippen LogP contribution in [0.25, 0.3) is 0 Å². The Bertz CT molecular complexity index is 101. The van der Waals surface area contributed by atoms with E-state index in [9.17, 15) is 0 Å². The lowest BCUT2D eigenvalue weighted by atomic mass is 10.1. The third kappa shape index (κ3) is 2.13. The van der Waals surface area contributed by atoms with Crippen molar-refractivity contribution in [3.05, 3.63) is 12.7 Å². The van der Waals surface area contributed by atoms with Gasteiger partial charge in [-0.1, -0.05) is 13.0 Å². The minimum absolute atomic E-state index is 0.209. The van der Waals surface area contributed by atoms with E-state index in [4.69, 9.17) is 15.9 Å². The molecule has 3 nitrogen and oxygen atoms in total. The molecule has 0 aromatic carbocycles. The Balaban J connectivity index is 3.95. The summed E-state index contributed by atoms with van der Waals surface area (Å²) in [5.41, 5.74) is 5.24. The summed E-state index contributed by atoms with van der Waals surface area (Å²) < 4.78 is 0. The topological polar surface area (TPSA) is 66.5 Å². The zero-order valence-corrected chi connectivity index (χ0v) is 5.54. The lowest BCUT2D eigenvalue weighted by Gasteiger charge is -2.23. The van der Waals surface area contributed by atoms with Gasteiger partial charge in [0, 0.05) is 6.42 Å². The van der Waals surface area contributed by atoms with Gasteiger partial charge in [0.25, 0.3) is 0 Å². The smallest absolute Gasteiger partial charge is 0.181 e. The van der Waals surface area contributed by atoms with Crippen LogP contribution in [0.3, 0.4) is 0 Å². The zero-order chi connectivity index (χ0) is 7.49. The van der Waals surface area contributed by atoms with Crippen molar-refractivity contribution in [1.29, 1.82) is 0 Å². The normalized spacial score (nSPS) is 15.1. The maximum Gasteiger partial charge on any atom is 0.181 e. The van der Waals surface area contributed by atoms with Crippen LogP contribution in [-0.4, -0.2) is 22.0 Å². The summed E-state index contributed by atoms with van der Waals surface area (Å²) >= 11 is 0. The van der Waals surface area contributed by atoms with Gasteiger partial charge in [0.05, 0.1) is 6.04 Å². The molecule has 0 amide bonds. The fraction of sp³-hybridized carbons (Fsp3) is 0.667. The van der Waals surface area contributed by atoms with E-state index in [1.165, 1.54) is 6.08 Å². The number of nitrogens with two attached hydrogens (primary N) is 1. The number of rotatable bonds is 3. The van der Waals surface area contributed by atoms with Crippen molar-refractivity contribution in [3.63, 3.8) is 0 Å². The van der Waals surface area contributed by atoms with Crippen LogP contribution in [0, 0.1) is 0 Å². The van der Waals surface area contributed by atoms with Gasteiger partial charge < -0.3 is 15.9 Å². The number of hydrogen-bond acceptors (Lipinski definition) is 3. The Morgan fingerprint density at radius 2 is 2.22 bits per heavy atom. The van der Waals surface area contributed by atoms with Gasteiger partial charge in [-0.15, -0.1) is 6.58 Å². The predicted molar refractivity (Wildman–Crippen MR) is 35.6 cm³/mol. The molecule has 3 heteroatoms. The van der Waals surface area contributed by atoms with E-state index < -0.39 is 11.8 Å². The first-order valence-corrected chi connectivity index (χ1v) is 2.87. The second-order valence-electron chi connectivity index (χ2n) is 1.99. The molecule has 0 aromatic rings. The van der Waals surface area contributed by atoms with Crippen molar-refractivity contribution >= 4 is 0 Å². The molecule has 54 valence electrons. The average Bonchev–Trinajstić information content (AvgIpc) is 1.86. The predicted octanol–water partition coefficient (Wildman–Crippen LogP) is -0.409. The average molecular weight is 131 g/mol. The van der Waals surface area contributed by atoms with E-state index in [1.807, 2.05) is 0 Å². The second-order valence-corrected chi connectivity index (χ2v) is 1.99. The first kappa shape index (κ1) is 8.62. The van der Waals surface area contributed by atoms with Gasteiger partial charge in [0.1, 0.15) is 0 Å². The molecule has 9 heavy (non-hydrogen) atoms. The monoisotopic (exact) mass is 131 g/mol. The Labute approximate surface area is 54.8 Å². The highest BCUT2D eigenvalue weighted by atomic mass is 16.5. The minimum Gasteiger partial charge on any atom is -0.364 e. The van der Waals surface area contributed by atoms with E-state index in [0.717, 1.165) is 0 Å². The summed E-state index contributed by atoms with van der Waals surface area (Å²) in [4.78, 5) is 0. The molecule has 0 radical (unpaired) electrons. The van der Waals surface area contributed by atoms with Crippen LogP contribution < -0.4 is 5.73 Å². The SMILES string of the molecule is C=CC(N)C(O)(O)CC. The van der Waals surface area contributed by atoms with Gasteiger partial charge in [-0.2, -0.15) is 0 Å². The maximum atomic E-state index is 8.95. The Hall–Kier alpha value is -0.380. The summed E-state index contributed by atoms with van der Waals surface area (Å²) in [6, 6.07) is -0.762. The molecule has 0 rings (SSSR count). The minimum atomic E-state index is -1.79. The molecule has 1 atom stereocenters. The van der Waals surface area contributed by atoms with Crippen molar-refractivity contribution in [2.24, 2.45) is 5.73 Å². The fourth-order valence-corrected chi connectivity index (χ4v) is 0.424. The van der Waals surface area contributed by atoms with E-state index >= 15 is 0 Å². The standard InChI is InChI=1S/C6H13NO2/c1-3-5(7)6(8,9)4-2/h3,5,8-9H,1,4,7H2,2H3. The zero-order valence-electron chi connectivity index (χ0n) is 5.54. The van der Waals surface area contributed by atoms with Gasteiger partial charge in [-0.05, 0) is 0 Å². The van der Waals surface area contributed by atoms with Crippen LogP contribution in [0.1, 0.15) is 13.3 Å². The van der Waals surface area contributed by atoms with Crippen LogP contribution in [-0.2, 0) is 0 Å². The van der Waals surface area contributed by atoms with Crippen molar-refractivity contribution in [2.45, 2.75) is 25.2 Å². The van der Waals surface area contributed by atoms with Crippen molar-refractivity contribution in [2.75, 3.05) is 0 Å². The van der Waals surface area contributed by atoms with E-state index in [0.29, 0.717) is 0 Å². The highest BCUT2D eigenvalue weighted by Crippen LogP contribution is 2.08. The summed E-state index contributed by atoms with van der Waals surface area (Å²) in [5.74, 6) is -1.79. The Morgan fingerprint density at radius 1 is 1.78 bits per heavy atom. The van der Waals surface area contributed by atoms with E-state index in [-0.39, 0.29) is 6.42 Å². The third-order valence-corrected chi connectivity index (χ3v) is 1.31. The summed E-state index contributed by atoms with van der Waals surface area (Å²) in [6.45, 7) is 4.97. The van der Waals surface area contributed by atoms with E-state index in [2.05, 4.69) is 6.58 Å².